The number of nitrogens with one attached hydrogen (secondary N) is 2. The number of imide groups is 1. The molecule has 3 aromatic heterocycles. The Morgan fingerprint density at radius 3 is 2.51 bits per heavy atom. The first-order chi connectivity index (χ1) is 29.7. The maximum atomic E-state index is 13.3. The van der Waals surface area contributed by atoms with Gasteiger partial charge in [-0.3, -0.25) is 39.3 Å². The van der Waals surface area contributed by atoms with Crippen LogP contribution in [0.1, 0.15) is 107 Å². The number of hydrogen-bond donors (Lipinski definition) is 2. The van der Waals surface area contributed by atoms with Crippen molar-refractivity contribution >= 4 is 40.3 Å². The lowest BCUT2D eigenvalue weighted by molar-refractivity contribution is -0.137. The number of benzene rings is 2. The highest BCUT2D eigenvalue weighted by atomic mass is 16.5. The van der Waals surface area contributed by atoms with Crippen LogP contribution in [0.3, 0.4) is 0 Å². The lowest BCUT2D eigenvalue weighted by Gasteiger charge is -2.37. The Morgan fingerprint density at radius 2 is 1.72 bits per heavy atom. The van der Waals surface area contributed by atoms with Crippen molar-refractivity contribution in [2.24, 2.45) is 5.92 Å². The molecule has 5 amide bonds. The van der Waals surface area contributed by atoms with Crippen LogP contribution in [0.4, 0.5) is 0 Å². The molecule has 0 bridgehead atoms. The van der Waals surface area contributed by atoms with E-state index in [9.17, 15) is 24.0 Å². The van der Waals surface area contributed by atoms with E-state index in [0.717, 1.165) is 108 Å². The number of pyridine rings is 2. The van der Waals surface area contributed by atoms with Crippen LogP contribution in [0.25, 0.3) is 33.3 Å². The van der Waals surface area contributed by atoms with Gasteiger partial charge >= 0.3 is 0 Å². The summed E-state index contributed by atoms with van der Waals surface area (Å²) in [6.07, 6.45) is 8.79. The topological polar surface area (TPSA) is 169 Å². The fraction of sp³-hybridized carbons (Fsp3) is 0.404. The summed E-state index contributed by atoms with van der Waals surface area (Å²) in [6.45, 7) is 5.91. The summed E-state index contributed by atoms with van der Waals surface area (Å²) in [7, 11) is 0. The van der Waals surface area contributed by atoms with Crippen molar-refractivity contribution in [2.75, 3.05) is 26.3 Å². The van der Waals surface area contributed by atoms with Crippen molar-refractivity contribution in [1.82, 2.24) is 40.0 Å². The molecular formula is C47H48N8O6. The number of amides is 5. The third-order valence-corrected chi connectivity index (χ3v) is 13.5. The monoisotopic (exact) mass is 820 g/mol. The summed E-state index contributed by atoms with van der Waals surface area (Å²) >= 11 is 0. The minimum Gasteiger partial charge on any atom is -0.381 e. The van der Waals surface area contributed by atoms with Crippen LogP contribution in [0.2, 0.25) is 0 Å². The van der Waals surface area contributed by atoms with E-state index in [4.69, 9.17) is 14.7 Å². The van der Waals surface area contributed by atoms with Gasteiger partial charge in [0.2, 0.25) is 17.7 Å². The van der Waals surface area contributed by atoms with Crippen LogP contribution >= 0.6 is 0 Å². The molecule has 14 heteroatoms. The fourth-order valence-corrected chi connectivity index (χ4v) is 10.1. The number of hydrogen-bond acceptors (Lipinski definition) is 9. The molecule has 5 aliphatic rings. The first kappa shape index (κ1) is 38.9. The third kappa shape index (κ3) is 7.26. The summed E-state index contributed by atoms with van der Waals surface area (Å²) < 4.78 is 7.99. The number of carbonyl (C=O) groups excluding carboxylic acids is 5. The minimum atomic E-state index is -0.627. The average molecular weight is 821 g/mol. The zero-order valence-electron chi connectivity index (χ0n) is 34.2. The molecule has 1 unspecified atom stereocenters. The molecule has 61 heavy (non-hydrogen) atoms. The molecule has 2 N–H and O–H groups in total. The van der Waals surface area contributed by atoms with Crippen LogP contribution in [0.15, 0.2) is 67.0 Å². The van der Waals surface area contributed by atoms with Crippen molar-refractivity contribution in [1.29, 1.82) is 0 Å². The normalized spacial score (nSPS) is 21.5. The molecule has 2 saturated heterocycles. The van der Waals surface area contributed by atoms with E-state index in [0.29, 0.717) is 61.6 Å². The van der Waals surface area contributed by atoms with E-state index in [1.54, 1.807) is 24.1 Å². The quantitative estimate of drug-likeness (QED) is 0.183. The smallest absolute Gasteiger partial charge is 0.269 e. The van der Waals surface area contributed by atoms with Gasteiger partial charge in [0.25, 0.3) is 11.8 Å². The molecule has 1 aliphatic carbocycles. The van der Waals surface area contributed by atoms with E-state index in [2.05, 4.69) is 38.4 Å². The van der Waals surface area contributed by atoms with Crippen molar-refractivity contribution < 1.29 is 28.7 Å². The Morgan fingerprint density at radius 1 is 0.902 bits per heavy atom. The second-order valence-corrected chi connectivity index (χ2v) is 17.1. The molecule has 0 radical (unpaired) electrons. The molecule has 0 spiro atoms. The SMILES string of the molecule is CC(=O)N1CCn2c(C3CCOCC3)nc(-c3cccc4cc(-c5ccc(C(=O)NCCC6CC(c7cccc8c7CN(C7CCC(=O)NC7=O)C8=O)C6)nc5)ncc34)c2C1. The molecule has 7 heterocycles. The van der Waals surface area contributed by atoms with Crippen LogP contribution in [0.5, 0.6) is 0 Å². The Hall–Kier alpha value is -6.28. The van der Waals surface area contributed by atoms with Gasteiger partial charge in [0.1, 0.15) is 17.6 Å². The highest BCUT2D eigenvalue weighted by Gasteiger charge is 2.42. The largest absolute Gasteiger partial charge is 0.381 e. The van der Waals surface area contributed by atoms with E-state index >= 15 is 0 Å². The van der Waals surface area contributed by atoms with Gasteiger partial charge in [-0.1, -0.05) is 30.3 Å². The molecule has 2 aromatic carbocycles. The Balaban J connectivity index is 0.768. The highest BCUT2D eigenvalue weighted by Crippen LogP contribution is 2.46. The average Bonchev–Trinajstić information content (AvgIpc) is 3.81. The first-order valence-electron chi connectivity index (χ1n) is 21.5. The van der Waals surface area contributed by atoms with Gasteiger partial charge in [0, 0.05) is 93.1 Å². The van der Waals surface area contributed by atoms with Crippen molar-refractivity contribution in [3.63, 3.8) is 0 Å². The standard InChI is InChI=1S/C47H48N8O6/c1-27(56)53-16-17-54-41(26-53)43(52-44(54)29-13-18-61-19-14-29)34-6-2-4-30-22-39(50-24-36(30)34)31-8-9-38(49-23-31)45(58)48-15-12-28-20-32(21-28)33-5-3-7-35-37(33)25-55(47(35)60)40-10-11-42(57)51-46(40)59/h2-9,22-24,28-29,32,40H,10-21,25-26H2,1H3,(H,48,58)(H,51,57,59). The molecule has 1 saturated carbocycles. The predicted octanol–water partition coefficient (Wildman–Crippen LogP) is 5.49. The molecule has 14 nitrogen and oxygen atoms in total. The summed E-state index contributed by atoms with van der Waals surface area (Å²) in [6, 6.07) is 17.1. The number of ether oxygens (including phenoxy) is 1. The number of nitrogens with zero attached hydrogens (tertiary/aromatic N) is 6. The van der Waals surface area contributed by atoms with Crippen molar-refractivity contribution in [2.45, 2.75) is 89.4 Å². The Bertz CT molecular complexity index is 2590. The van der Waals surface area contributed by atoms with Crippen LogP contribution < -0.4 is 10.6 Å². The van der Waals surface area contributed by atoms with Gasteiger partial charge in [-0.15, -0.1) is 0 Å². The van der Waals surface area contributed by atoms with Crippen LogP contribution in [0, 0.1) is 5.92 Å². The first-order valence-corrected chi connectivity index (χ1v) is 21.5. The molecule has 5 aromatic rings. The van der Waals surface area contributed by atoms with Crippen molar-refractivity contribution in [3.05, 3.63) is 101 Å². The molecular weight excluding hydrogens is 773 g/mol. The van der Waals surface area contributed by atoms with Gasteiger partial charge in [-0.2, -0.15) is 0 Å². The lowest BCUT2D eigenvalue weighted by Crippen LogP contribution is -2.52. The number of rotatable bonds is 9. The predicted molar refractivity (Wildman–Crippen MR) is 225 cm³/mol. The second-order valence-electron chi connectivity index (χ2n) is 17.1. The van der Waals surface area contributed by atoms with E-state index in [1.165, 1.54) is 0 Å². The van der Waals surface area contributed by atoms with Crippen LogP contribution in [-0.4, -0.2) is 91.2 Å². The van der Waals surface area contributed by atoms with Crippen LogP contribution in [-0.2, 0) is 38.8 Å². The van der Waals surface area contributed by atoms with Crippen molar-refractivity contribution in [3.8, 4) is 22.5 Å². The van der Waals surface area contributed by atoms with Gasteiger partial charge in [-0.05, 0) is 91.1 Å². The zero-order valence-corrected chi connectivity index (χ0v) is 34.2. The number of imidazole rings is 1. The maximum Gasteiger partial charge on any atom is 0.269 e. The summed E-state index contributed by atoms with van der Waals surface area (Å²) in [5, 5.41) is 7.40. The molecule has 312 valence electrons. The molecule has 4 aliphatic heterocycles. The zero-order chi connectivity index (χ0) is 41.8. The fourth-order valence-electron chi connectivity index (χ4n) is 10.1. The number of fused-ring (bicyclic) bond motifs is 3. The maximum absolute atomic E-state index is 13.3. The number of carbonyl (C=O) groups is 5. The number of piperidine rings is 1. The molecule has 1 atom stereocenters. The molecule has 10 rings (SSSR count). The summed E-state index contributed by atoms with van der Waals surface area (Å²) in [5.74, 6) is 1.16. The third-order valence-electron chi connectivity index (χ3n) is 13.5. The van der Waals surface area contributed by atoms with E-state index < -0.39 is 11.9 Å². The van der Waals surface area contributed by atoms with E-state index in [-0.39, 0.29) is 30.0 Å². The second kappa shape index (κ2) is 16.0. The Kier molecular flexibility index (Phi) is 10.2. The summed E-state index contributed by atoms with van der Waals surface area (Å²) in [4.78, 5) is 81.2. The summed E-state index contributed by atoms with van der Waals surface area (Å²) in [5.41, 5.74) is 7.64. The van der Waals surface area contributed by atoms with Gasteiger partial charge in [0.05, 0.1) is 23.6 Å². The van der Waals surface area contributed by atoms with Gasteiger partial charge in [0.15, 0.2) is 0 Å². The minimum absolute atomic E-state index is 0.0619. The van der Waals surface area contributed by atoms with Gasteiger partial charge < -0.3 is 24.4 Å². The Labute approximate surface area is 353 Å². The van der Waals surface area contributed by atoms with Gasteiger partial charge in [-0.25, -0.2) is 4.98 Å². The molecule has 3 fully saturated rings. The lowest BCUT2D eigenvalue weighted by atomic mass is 9.69. The van der Waals surface area contributed by atoms with E-state index in [1.807, 2.05) is 41.4 Å². The number of aromatic nitrogens is 4. The highest BCUT2D eigenvalue weighted by molar-refractivity contribution is 6.05.